The zero-order valence-corrected chi connectivity index (χ0v) is 17.5. The van der Waals surface area contributed by atoms with E-state index in [-0.39, 0.29) is 22.9 Å². The van der Waals surface area contributed by atoms with E-state index in [1.165, 1.54) is 17.0 Å². The average molecular weight is 410 g/mol. The summed E-state index contributed by atoms with van der Waals surface area (Å²) in [6, 6.07) is 9.77. The van der Waals surface area contributed by atoms with Crippen molar-refractivity contribution >= 4 is 23.4 Å². The van der Waals surface area contributed by atoms with E-state index < -0.39 is 5.91 Å². The third kappa shape index (κ3) is 4.30. The smallest absolute Gasteiger partial charge is 0.261 e. The third-order valence-corrected chi connectivity index (χ3v) is 4.78. The second kappa shape index (κ2) is 9.43. The summed E-state index contributed by atoms with van der Waals surface area (Å²) in [5.41, 5.74) is 1.36. The Bertz CT molecular complexity index is 970. The molecule has 2 aromatic carbocycles. The summed E-state index contributed by atoms with van der Waals surface area (Å²) in [5, 5.41) is 2.82. The molecule has 0 aromatic heterocycles. The van der Waals surface area contributed by atoms with Gasteiger partial charge in [0.05, 0.1) is 30.0 Å². The normalized spacial score (nSPS) is 12.7. The van der Waals surface area contributed by atoms with Gasteiger partial charge in [-0.15, -0.1) is 0 Å². The lowest BCUT2D eigenvalue weighted by atomic mass is 10.1. The molecular formula is C23H26N2O5. The first-order chi connectivity index (χ1) is 14.5. The van der Waals surface area contributed by atoms with Gasteiger partial charge < -0.3 is 14.8 Å². The second-order valence-corrected chi connectivity index (χ2v) is 6.85. The number of rotatable bonds is 9. The first-order valence-electron chi connectivity index (χ1n) is 10.2. The first-order valence-corrected chi connectivity index (χ1v) is 10.2. The van der Waals surface area contributed by atoms with Crippen molar-refractivity contribution in [1.29, 1.82) is 0 Å². The van der Waals surface area contributed by atoms with Crippen molar-refractivity contribution in [2.45, 2.75) is 33.6 Å². The Labute approximate surface area is 176 Å². The summed E-state index contributed by atoms with van der Waals surface area (Å²) in [4.78, 5) is 39.2. The molecule has 0 bridgehead atoms. The number of nitrogens with zero attached hydrogens (tertiary/aromatic N) is 1. The average Bonchev–Trinajstić information content (AvgIpc) is 2.98. The van der Waals surface area contributed by atoms with Crippen LogP contribution in [-0.2, 0) is 0 Å². The molecule has 0 unspecified atom stereocenters. The van der Waals surface area contributed by atoms with Crippen molar-refractivity contribution in [2.24, 2.45) is 0 Å². The topological polar surface area (TPSA) is 84.9 Å². The molecule has 0 aliphatic carbocycles. The number of fused-ring (bicyclic) bond motifs is 1. The molecule has 0 saturated carbocycles. The van der Waals surface area contributed by atoms with Gasteiger partial charge >= 0.3 is 0 Å². The molecule has 0 fully saturated rings. The van der Waals surface area contributed by atoms with Crippen LogP contribution in [0.2, 0.25) is 0 Å². The van der Waals surface area contributed by atoms with Crippen molar-refractivity contribution in [1.82, 2.24) is 4.90 Å². The largest absolute Gasteiger partial charge is 0.494 e. The number of carbonyl (C=O) groups excluding carboxylic acids is 3. The molecular weight excluding hydrogens is 384 g/mol. The summed E-state index contributed by atoms with van der Waals surface area (Å²) in [6.45, 7) is 7.05. The van der Waals surface area contributed by atoms with E-state index in [1.54, 1.807) is 24.3 Å². The highest BCUT2D eigenvalue weighted by Crippen LogP contribution is 2.30. The Morgan fingerprint density at radius 1 is 0.933 bits per heavy atom. The number of imide groups is 1. The van der Waals surface area contributed by atoms with Crippen molar-refractivity contribution in [3.05, 3.63) is 53.1 Å². The monoisotopic (exact) mass is 410 g/mol. The minimum Gasteiger partial charge on any atom is -0.494 e. The van der Waals surface area contributed by atoms with Crippen LogP contribution in [0.5, 0.6) is 11.5 Å². The standard InChI is InChI=1S/C23H26N2O5/c1-4-7-12-25-22(27)17-10-8-15(13-18(17)23(25)28)21(26)24-19-14-16(29-5-2)9-11-20(19)30-6-3/h8-11,13-14H,4-7,12H2,1-3H3,(H,24,26). The Balaban J connectivity index is 1.84. The van der Waals surface area contributed by atoms with Gasteiger partial charge in [-0.2, -0.15) is 0 Å². The quantitative estimate of drug-likeness (QED) is 0.628. The molecule has 158 valence electrons. The summed E-state index contributed by atoms with van der Waals surface area (Å²) < 4.78 is 11.1. The molecule has 1 aliphatic rings. The Kier molecular flexibility index (Phi) is 6.72. The summed E-state index contributed by atoms with van der Waals surface area (Å²) >= 11 is 0. The third-order valence-electron chi connectivity index (χ3n) is 4.78. The maximum Gasteiger partial charge on any atom is 0.261 e. The number of hydrogen-bond donors (Lipinski definition) is 1. The van der Waals surface area contributed by atoms with Crippen LogP contribution in [0, 0.1) is 0 Å². The minimum atomic E-state index is -0.403. The lowest BCUT2D eigenvalue weighted by Gasteiger charge is -2.14. The van der Waals surface area contributed by atoms with Gasteiger partial charge in [-0.05, 0) is 50.6 Å². The van der Waals surface area contributed by atoms with Crippen molar-refractivity contribution in [3.63, 3.8) is 0 Å². The zero-order chi connectivity index (χ0) is 21.7. The molecule has 2 aromatic rings. The van der Waals surface area contributed by atoms with E-state index >= 15 is 0 Å². The van der Waals surface area contributed by atoms with Gasteiger partial charge in [-0.1, -0.05) is 13.3 Å². The van der Waals surface area contributed by atoms with Crippen LogP contribution in [0.1, 0.15) is 64.7 Å². The van der Waals surface area contributed by atoms with Crippen molar-refractivity contribution in [2.75, 3.05) is 25.1 Å². The summed E-state index contributed by atoms with van der Waals surface area (Å²) in [5.74, 6) is 0.0644. The van der Waals surface area contributed by atoms with Gasteiger partial charge in [0.25, 0.3) is 17.7 Å². The van der Waals surface area contributed by atoms with Gasteiger partial charge in [-0.25, -0.2) is 0 Å². The molecule has 7 heteroatoms. The van der Waals surface area contributed by atoms with Crippen LogP contribution in [0.4, 0.5) is 5.69 Å². The fourth-order valence-electron chi connectivity index (χ4n) is 3.29. The van der Waals surface area contributed by atoms with Gasteiger partial charge in [0, 0.05) is 18.2 Å². The molecule has 1 N–H and O–H groups in total. The molecule has 0 radical (unpaired) electrons. The van der Waals surface area contributed by atoms with Gasteiger partial charge in [-0.3, -0.25) is 19.3 Å². The molecule has 0 atom stereocenters. The van der Waals surface area contributed by atoms with Crippen LogP contribution in [-0.4, -0.2) is 42.4 Å². The molecule has 3 rings (SSSR count). The lowest BCUT2D eigenvalue weighted by Crippen LogP contribution is -2.30. The summed E-state index contributed by atoms with van der Waals surface area (Å²) in [6.07, 6.45) is 1.62. The van der Waals surface area contributed by atoms with Crippen LogP contribution in [0.25, 0.3) is 0 Å². The first kappa shape index (κ1) is 21.4. The minimum absolute atomic E-state index is 0.261. The van der Waals surface area contributed by atoms with Crippen molar-refractivity contribution < 1.29 is 23.9 Å². The zero-order valence-electron chi connectivity index (χ0n) is 17.5. The number of carbonyl (C=O) groups is 3. The molecule has 1 heterocycles. The molecule has 30 heavy (non-hydrogen) atoms. The maximum atomic E-state index is 12.9. The SMILES string of the molecule is CCCCN1C(=O)c2ccc(C(=O)Nc3cc(OCC)ccc3OCC)cc2C1=O. The molecule has 3 amide bonds. The van der Waals surface area contributed by atoms with E-state index in [9.17, 15) is 14.4 Å². The highest BCUT2D eigenvalue weighted by Gasteiger charge is 2.35. The number of amides is 3. The lowest BCUT2D eigenvalue weighted by molar-refractivity contribution is 0.0652. The maximum absolute atomic E-state index is 12.9. The van der Waals surface area contributed by atoms with E-state index in [0.717, 1.165) is 12.8 Å². The Morgan fingerprint density at radius 3 is 2.37 bits per heavy atom. The van der Waals surface area contributed by atoms with Crippen LogP contribution in [0.15, 0.2) is 36.4 Å². The van der Waals surface area contributed by atoms with E-state index in [4.69, 9.17) is 9.47 Å². The number of hydrogen-bond acceptors (Lipinski definition) is 5. The van der Waals surface area contributed by atoms with E-state index in [1.807, 2.05) is 20.8 Å². The van der Waals surface area contributed by atoms with Gasteiger partial charge in [0.15, 0.2) is 0 Å². The molecule has 0 spiro atoms. The predicted octanol–water partition coefficient (Wildman–Crippen LogP) is 4.13. The van der Waals surface area contributed by atoms with Crippen LogP contribution >= 0.6 is 0 Å². The fourth-order valence-corrected chi connectivity index (χ4v) is 3.29. The number of unbranched alkanes of at least 4 members (excludes halogenated alkanes) is 1. The van der Waals surface area contributed by atoms with E-state index in [0.29, 0.717) is 42.5 Å². The Hall–Kier alpha value is -3.35. The molecule has 7 nitrogen and oxygen atoms in total. The molecule has 0 saturated heterocycles. The Morgan fingerprint density at radius 2 is 1.67 bits per heavy atom. The highest BCUT2D eigenvalue weighted by molar-refractivity contribution is 6.22. The number of nitrogens with one attached hydrogen (secondary N) is 1. The fraction of sp³-hybridized carbons (Fsp3) is 0.348. The number of anilines is 1. The highest BCUT2D eigenvalue weighted by atomic mass is 16.5. The number of benzene rings is 2. The molecule has 1 aliphatic heterocycles. The second-order valence-electron chi connectivity index (χ2n) is 6.85. The van der Waals surface area contributed by atoms with Crippen molar-refractivity contribution in [3.8, 4) is 11.5 Å². The van der Waals surface area contributed by atoms with E-state index in [2.05, 4.69) is 5.32 Å². The predicted molar refractivity (Wildman–Crippen MR) is 113 cm³/mol. The van der Waals surface area contributed by atoms with Crippen LogP contribution < -0.4 is 14.8 Å². The van der Waals surface area contributed by atoms with Gasteiger partial charge in [0.1, 0.15) is 11.5 Å². The number of ether oxygens (including phenoxy) is 2. The van der Waals surface area contributed by atoms with Gasteiger partial charge in [0.2, 0.25) is 0 Å². The van der Waals surface area contributed by atoms with Crippen LogP contribution in [0.3, 0.4) is 0 Å². The summed E-state index contributed by atoms with van der Waals surface area (Å²) in [7, 11) is 0.